The van der Waals surface area contributed by atoms with E-state index < -0.39 is 145 Å². The number of ketones is 3. The van der Waals surface area contributed by atoms with E-state index in [4.69, 9.17) is 40.0 Å². The monoisotopic (exact) mass is 903 g/mol. The van der Waals surface area contributed by atoms with Crippen LogP contribution in [0.3, 0.4) is 0 Å². The zero-order valence-electron chi connectivity index (χ0n) is 33.2. The van der Waals surface area contributed by atoms with Crippen LogP contribution in [-0.2, 0) is 41.6 Å². The highest BCUT2D eigenvalue weighted by Gasteiger charge is 2.51. The lowest BCUT2D eigenvalue weighted by Gasteiger charge is -2.42. The molecule has 0 bridgehead atoms. The van der Waals surface area contributed by atoms with Crippen molar-refractivity contribution in [3.8, 4) is 23.0 Å². The average molecular weight is 904 g/mol. The Hall–Kier alpha value is -5.46. The first kappa shape index (κ1) is 45.6. The van der Waals surface area contributed by atoms with Crippen molar-refractivity contribution in [1.29, 1.82) is 0 Å². The zero-order valence-corrected chi connectivity index (χ0v) is 33.9. The van der Waals surface area contributed by atoms with Crippen molar-refractivity contribution < 1.29 is 98.4 Å². The molecule has 0 radical (unpaired) electrons. The zero-order chi connectivity index (χ0) is 45.8. The number of phenols is 2. The van der Waals surface area contributed by atoms with Crippen LogP contribution in [0, 0.1) is 0 Å². The fraction of sp³-hybridized carbons (Fsp3) is 0.439. The fourth-order valence-electron chi connectivity index (χ4n) is 8.20. The number of Topliss-reactive ketones (excluding diaryl/α,β-unsaturated/α-hetero) is 1. The highest BCUT2D eigenvalue weighted by Crippen LogP contribution is 2.52. The summed E-state index contributed by atoms with van der Waals surface area (Å²) >= 11 is 6.32. The molecule has 11 atom stereocenters. The molecule has 7 rings (SSSR count). The normalized spacial score (nSPS) is 30.0. The van der Waals surface area contributed by atoms with Crippen LogP contribution in [0.2, 0.25) is 5.02 Å². The molecule has 2 heterocycles. The van der Waals surface area contributed by atoms with Crippen LogP contribution in [0.15, 0.2) is 36.4 Å². The van der Waals surface area contributed by atoms with Crippen molar-refractivity contribution in [2.24, 2.45) is 0 Å². The molecule has 4 aliphatic rings. The number of aliphatic hydroxyl groups excluding tert-OH is 5. The number of carbonyl (C=O) groups is 5. The SMILES string of the molecule is COc1cccc2c1C(=O)c1c(O)c3c(c(O)c1C2=O)C[C@@](O)(C(=O)CO)C[C@@H]3O[C@H]1C[C@H](NC(=O)OCc2ccc(O[C@@H]3O[C@H](C(=O)O)[C@@H](O)[C@H](O)[C@H]3O)c(Cl)c2)[C@H](O)[C@H](C)O1. The predicted molar refractivity (Wildman–Crippen MR) is 207 cm³/mol. The molecule has 2 saturated heterocycles. The van der Waals surface area contributed by atoms with Gasteiger partial charge in [-0.05, 0) is 30.7 Å². The second-order valence-electron chi connectivity index (χ2n) is 15.4. The first-order valence-electron chi connectivity index (χ1n) is 19.3. The van der Waals surface area contributed by atoms with Crippen LogP contribution in [0.25, 0.3) is 0 Å². The number of alkyl carbamates (subject to hydrolysis) is 1. The summed E-state index contributed by atoms with van der Waals surface area (Å²) in [6.07, 6.45) is -17.4. The average Bonchev–Trinajstić information content (AvgIpc) is 3.24. The quantitative estimate of drug-likeness (QED) is 0.0878. The number of phenolic OH excluding ortho intramolecular Hbond substituents is 2. The third-order valence-corrected chi connectivity index (χ3v) is 11.8. The second-order valence-corrected chi connectivity index (χ2v) is 15.8. The van der Waals surface area contributed by atoms with E-state index in [0.717, 1.165) is 0 Å². The standard InChI is InChI=1S/C41H42ClNO20/c1-14-29(46)19(43-40(56)59-13-15-6-7-20(18(42)8-15)62-39-36(53)34(51)35(52)37(63-39)38(54)55)9-24(60-14)61-22-11-41(57,23(45)12-44)10-17-26(22)33(50)28-27(31(17)48)30(47)16-4-3-5-21(58-2)25(16)32(28)49/h3-8,14,19,22,24,29,34-37,39,44,46,48,50-53,57H,9-13H2,1-2H3,(H,43,56)(H,54,55)/t14-,19-,22-,24-,29+,34-,35-,36+,37-,39+,41-/m0/s1. The van der Waals surface area contributed by atoms with Gasteiger partial charge in [0.2, 0.25) is 12.1 Å². The molecule has 0 unspecified atom stereocenters. The Morgan fingerprint density at radius 1 is 0.921 bits per heavy atom. The number of amides is 1. The number of nitrogens with one attached hydrogen (secondary N) is 1. The van der Waals surface area contributed by atoms with E-state index in [-0.39, 0.29) is 45.2 Å². The Morgan fingerprint density at radius 3 is 2.30 bits per heavy atom. The lowest BCUT2D eigenvalue weighted by molar-refractivity contribution is -0.271. The highest BCUT2D eigenvalue weighted by molar-refractivity contribution is 6.32. The number of aliphatic carboxylic acids is 1. The molecule has 63 heavy (non-hydrogen) atoms. The van der Waals surface area contributed by atoms with Crippen LogP contribution in [0.4, 0.5) is 4.79 Å². The number of carbonyl (C=O) groups excluding carboxylic acids is 4. The van der Waals surface area contributed by atoms with E-state index >= 15 is 0 Å². The number of ether oxygens (including phenoxy) is 6. The number of aromatic hydroxyl groups is 2. The molecule has 0 saturated carbocycles. The van der Waals surface area contributed by atoms with Crippen molar-refractivity contribution in [2.45, 2.75) is 99.7 Å². The lowest BCUT2D eigenvalue weighted by atomic mass is 9.72. The van der Waals surface area contributed by atoms with E-state index in [0.29, 0.717) is 5.56 Å². The van der Waals surface area contributed by atoms with E-state index in [1.165, 1.54) is 50.4 Å². The van der Waals surface area contributed by atoms with Gasteiger partial charge in [0.15, 0.2) is 24.0 Å². The van der Waals surface area contributed by atoms with E-state index in [1.807, 2.05) is 0 Å². The number of rotatable bonds is 11. The number of carboxylic acids is 1. The van der Waals surface area contributed by atoms with Gasteiger partial charge in [-0.1, -0.05) is 29.8 Å². The van der Waals surface area contributed by atoms with E-state index in [2.05, 4.69) is 5.32 Å². The third kappa shape index (κ3) is 8.28. The molecular weight excluding hydrogens is 862 g/mol. The summed E-state index contributed by atoms with van der Waals surface area (Å²) in [5.41, 5.74) is -4.14. The molecule has 338 valence electrons. The molecule has 2 fully saturated rings. The molecule has 0 spiro atoms. The molecule has 22 heteroatoms. The minimum Gasteiger partial charge on any atom is -0.507 e. The minimum absolute atomic E-state index is 0.0194. The summed E-state index contributed by atoms with van der Waals surface area (Å²) < 4.78 is 33.3. The van der Waals surface area contributed by atoms with Gasteiger partial charge in [0.05, 0.1) is 47.1 Å². The van der Waals surface area contributed by atoms with Crippen LogP contribution < -0.4 is 14.8 Å². The third-order valence-electron chi connectivity index (χ3n) is 11.5. The summed E-state index contributed by atoms with van der Waals surface area (Å²) in [6, 6.07) is 7.07. The largest absolute Gasteiger partial charge is 0.507 e. The van der Waals surface area contributed by atoms with Gasteiger partial charge in [0, 0.05) is 36.0 Å². The van der Waals surface area contributed by atoms with Gasteiger partial charge < -0.3 is 79.7 Å². The predicted octanol–water partition coefficient (Wildman–Crippen LogP) is -0.107. The van der Waals surface area contributed by atoms with Crippen LogP contribution in [0.5, 0.6) is 23.0 Å². The lowest BCUT2D eigenvalue weighted by Crippen LogP contribution is -2.61. The van der Waals surface area contributed by atoms with Gasteiger partial charge in [-0.2, -0.15) is 0 Å². The second kappa shape index (κ2) is 17.6. The maximum Gasteiger partial charge on any atom is 0.407 e. The summed E-state index contributed by atoms with van der Waals surface area (Å²) in [5.74, 6) is -6.13. The minimum atomic E-state index is -2.41. The Balaban J connectivity index is 1.07. The number of hydrogen-bond acceptors (Lipinski definition) is 19. The molecule has 2 aliphatic carbocycles. The van der Waals surface area contributed by atoms with Crippen LogP contribution in [0.1, 0.15) is 74.4 Å². The number of aliphatic hydroxyl groups is 6. The Kier molecular flexibility index (Phi) is 12.7. The highest BCUT2D eigenvalue weighted by atomic mass is 35.5. The number of halogens is 1. The maximum atomic E-state index is 14.0. The first-order valence-corrected chi connectivity index (χ1v) is 19.7. The van der Waals surface area contributed by atoms with E-state index in [9.17, 15) is 69.9 Å². The van der Waals surface area contributed by atoms with Crippen molar-refractivity contribution in [3.63, 3.8) is 0 Å². The number of fused-ring (bicyclic) bond motifs is 3. The van der Waals surface area contributed by atoms with E-state index in [1.54, 1.807) is 0 Å². The Labute approximate surface area is 360 Å². The molecule has 3 aromatic rings. The van der Waals surface area contributed by atoms with Gasteiger partial charge in [-0.3, -0.25) is 14.4 Å². The van der Waals surface area contributed by atoms with Gasteiger partial charge >= 0.3 is 12.1 Å². The van der Waals surface area contributed by atoms with Crippen molar-refractivity contribution in [1.82, 2.24) is 5.32 Å². The number of carboxylic acid groups (broad SMARTS) is 1. The smallest absolute Gasteiger partial charge is 0.407 e. The first-order chi connectivity index (χ1) is 29.8. The van der Waals surface area contributed by atoms with Crippen molar-refractivity contribution >= 4 is 41.0 Å². The fourth-order valence-corrected chi connectivity index (χ4v) is 8.45. The summed E-state index contributed by atoms with van der Waals surface area (Å²) in [7, 11) is 1.28. The summed E-state index contributed by atoms with van der Waals surface area (Å²) in [5, 5.41) is 97.6. The van der Waals surface area contributed by atoms with Crippen LogP contribution >= 0.6 is 11.6 Å². The van der Waals surface area contributed by atoms with Gasteiger partial charge in [-0.15, -0.1) is 0 Å². The van der Waals surface area contributed by atoms with Gasteiger partial charge in [0.1, 0.15) is 66.2 Å². The Morgan fingerprint density at radius 2 is 1.63 bits per heavy atom. The van der Waals surface area contributed by atoms with Crippen LogP contribution in [-0.4, -0.2) is 150 Å². The topological polar surface area (TPSA) is 335 Å². The molecular formula is C41H42ClNO20. The molecule has 0 aromatic heterocycles. The van der Waals surface area contributed by atoms with Crippen molar-refractivity contribution in [3.05, 3.63) is 80.4 Å². The number of methoxy groups -OCH3 is 1. The molecule has 3 aromatic carbocycles. The molecule has 2 aliphatic heterocycles. The molecule has 10 N–H and O–H groups in total. The number of hydrogen-bond donors (Lipinski definition) is 10. The molecule has 21 nitrogen and oxygen atoms in total. The van der Waals surface area contributed by atoms with Gasteiger partial charge in [0.25, 0.3) is 0 Å². The van der Waals surface area contributed by atoms with Gasteiger partial charge in [-0.25, -0.2) is 9.59 Å². The summed E-state index contributed by atoms with van der Waals surface area (Å²) in [4.78, 5) is 65.2. The van der Waals surface area contributed by atoms with Crippen molar-refractivity contribution in [2.75, 3.05) is 13.7 Å². The maximum absolute atomic E-state index is 14.0. The number of benzene rings is 3. The summed E-state index contributed by atoms with van der Waals surface area (Å²) in [6.45, 7) is -0.0766. The Bertz CT molecular complexity index is 2360. The molecule has 1 amide bonds.